The largest absolute Gasteiger partial charge is 0.444 e. The van der Waals surface area contributed by atoms with Gasteiger partial charge in [0.05, 0.1) is 0 Å². The Balaban J connectivity index is 2.62. The van der Waals surface area contributed by atoms with Crippen LogP contribution in [0.5, 0.6) is 0 Å². The van der Waals surface area contributed by atoms with E-state index in [-0.39, 0.29) is 12.1 Å². The van der Waals surface area contributed by atoms with Gasteiger partial charge in [0.1, 0.15) is 5.60 Å². The van der Waals surface area contributed by atoms with Gasteiger partial charge in [-0.25, -0.2) is 4.79 Å². The van der Waals surface area contributed by atoms with Gasteiger partial charge in [-0.2, -0.15) is 0 Å². The van der Waals surface area contributed by atoms with Crippen molar-refractivity contribution in [1.29, 1.82) is 0 Å². The molecule has 1 aliphatic rings. The molecule has 0 saturated carbocycles. The molecule has 0 spiro atoms. The molecule has 1 aliphatic heterocycles. The van der Waals surface area contributed by atoms with E-state index in [0.717, 1.165) is 6.54 Å². The SMILES string of the molecule is CC1CN(C(=O)OC(C)(C)C)C(C)C1C. The molecule has 0 bridgehead atoms. The third kappa shape index (κ3) is 2.86. The third-order valence-corrected chi connectivity index (χ3v) is 3.26. The Morgan fingerprint density at radius 3 is 2.13 bits per heavy atom. The van der Waals surface area contributed by atoms with Crippen molar-refractivity contribution in [2.45, 2.75) is 53.2 Å². The second kappa shape index (κ2) is 4.03. The van der Waals surface area contributed by atoms with Crippen LogP contribution in [0.4, 0.5) is 4.79 Å². The summed E-state index contributed by atoms with van der Waals surface area (Å²) in [7, 11) is 0. The number of hydrogen-bond acceptors (Lipinski definition) is 2. The van der Waals surface area contributed by atoms with Crippen molar-refractivity contribution in [2.24, 2.45) is 11.8 Å². The molecule has 88 valence electrons. The first-order chi connectivity index (χ1) is 6.72. The van der Waals surface area contributed by atoms with E-state index >= 15 is 0 Å². The summed E-state index contributed by atoms with van der Waals surface area (Å²) >= 11 is 0. The zero-order valence-corrected chi connectivity index (χ0v) is 10.7. The smallest absolute Gasteiger partial charge is 0.410 e. The van der Waals surface area contributed by atoms with E-state index in [1.54, 1.807) is 0 Å². The quantitative estimate of drug-likeness (QED) is 0.619. The molecule has 1 saturated heterocycles. The molecule has 3 atom stereocenters. The number of amides is 1. The molecule has 0 aromatic carbocycles. The lowest BCUT2D eigenvalue weighted by Crippen LogP contribution is -2.39. The summed E-state index contributed by atoms with van der Waals surface area (Å²) in [6, 6.07) is 0.287. The van der Waals surface area contributed by atoms with E-state index in [1.165, 1.54) is 0 Å². The van der Waals surface area contributed by atoms with E-state index in [9.17, 15) is 4.79 Å². The first-order valence-corrected chi connectivity index (χ1v) is 5.72. The van der Waals surface area contributed by atoms with Gasteiger partial charge < -0.3 is 9.64 Å². The lowest BCUT2D eigenvalue weighted by atomic mass is 9.95. The van der Waals surface area contributed by atoms with Gasteiger partial charge in [-0.05, 0) is 39.5 Å². The molecule has 3 heteroatoms. The molecule has 1 rings (SSSR count). The van der Waals surface area contributed by atoms with Gasteiger partial charge in [-0.1, -0.05) is 13.8 Å². The third-order valence-electron chi connectivity index (χ3n) is 3.26. The Bertz CT molecular complexity index is 244. The van der Waals surface area contributed by atoms with Crippen LogP contribution in [0.15, 0.2) is 0 Å². The lowest BCUT2D eigenvalue weighted by molar-refractivity contribution is 0.0223. The maximum Gasteiger partial charge on any atom is 0.410 e. The van der Waals surface area contributed by atoms with Crippen molar-refractivity contribution < 1.29 is 9.53 Å². The van der Waals surface area contributed by atoms with E-state index in [0.29, 0.717) is 11.8 Å². The Kier molecular flexibility index (Phi) is 3.31. The second-order valence-corrected chi connectivity index (χ2v) is 5.71. The molecule has 3 nitrogen and oxygen atoms in total. The zero-order valence-electron chi connectivity index (χ0n) is 10.7. The van der Waals surface area contributed by atoms with Crippen molar-refractivity contribution in [3.05, 3.63) is 0 Å². The molecule has 3 unspecified atom stereocenters. The standard InChI is InChI=1S/C12H23NO2/c1-8-7-13(10(3)9(8)2)11(14)15-12(4,5)6/h8-10H,7H2,1-6H3. The summed E-state index contributed by atoms with van der Waals surface area (Å²) in [6.07, 6.45) is -0.175. The number of likely N-dealkylation sites (tertiary alicyclic amines) is 1. The van der Waals surface area contributed by atoms with Crippen molar-refractivity contribution in [1.82, 2.24) is 4.90 Å². The van der Waals surface area contributed by atoms with Crippen molar-refractivity contribution in [2.75, 3.05) is 6.54 Å². The first-order valence-electron chi connectivity index (χ1n) is 5.72. The van der Waals surface area contributed by atoms with Gasteiger partial charge in [0.15, 0.2) is 0 Å². The second-order valence-electron chi connectivity index (χ2n) is 5.71. The van der Waals surface area contributed by atoms with Crippen LogP contribution in [-0.2, 0) is 4.74 Å². The normalized spacial score (nSPS) is 31.9. The summed E-state index contributed by atoms with van der Waals surface area (Å²) in [5.74, 6) is 1.12. The van der Waals surface area contributed by atoms with Gasteiger partial charge in [0, 0.05) is 12.6 Å². The maximum atomic E-state index is 11.9. The van der Waals surface area contributed by atoms with Crippen LogP contribution in [0.2, 0.25) is 0 Å². The van der Waals surface area contributed by atoms with Crippen LogP contribution in [0, 0.1) is 11.8 Å². The highest BCUT2D eigenvalue weighted by molar-refractivity contribution is 5.69. The highest BCUT2D eigenvalue weighted by atomic mass is 16.6. The van der Waals surface area contributed by atoms with E-state index < -0.39 is 5.60 Å². The maximum absolute atomic E-state index is 11.9. The number of hydrogen-bond donors (Lipinski definition) is 0. The van der Waals surface area contributed by atoms with Gasteiger partial charge in [-0.15, -0.1) is 0 Å². The minimum Gasteiger partial charge on any atom is -0.444 e. The first kappa shape index (κ1) is 12.3. The highest BCUT2D eigenvalue weighted by Crippen LogP contribution is 2.30. The van der Waals surface area contributed by atoms with Crippen LogP contribution < -0.4 is 0 Å². The lowest BCUT2D eigenvalue weighted by Gasteiger charge is -2.27. The Morgan fingerprint density at radius 2 is 1.80 bits per heavy atom. The molecular weight excluding hydrogens is 190 g/mol. The molecule has 0 aliphatic carbocycles. The van der Waals surface area contributed by atoms with Crippen molar-refractivity contribution in [3.8, 4) is 0 Å². The molecule has 0 radical (unpaired) electrons. The predicted octanol–water partition coefficient (Wildman–Crippen LogP) is 2.90. The molecule has 1 heterocycles. The zero-order chi connectivity index (χ0) is 11.8. The number of nitrogens with zero attached hydrogens (tertiary/aromatic N) is 1. The van der Waals surface area contributed by atoms with Gasteiger partial charge in [-0.3, -0.25) is 0 Å². The number of ether oxygens (including phenoxy) is 1. The molecule has 15 heavy (non-hydrogen) atoms. The van der Waals surface area contributed by atoms with Crippen molar-refractivity contribution >= 4 is 6.09 Å². The monoisotopic (exact) mass is 213 g/mol. The van der Waals surface area contributed by atoms with E-state index in [1.807, 2.05) is 25.7 Å². The topological polar surface area (TPSA) is 29.5 Å². The predicted molar refractivity (Wildman–Crippen MR) is 60.7 cm³/mol. The van der Waals surface area contributed by atoms with Crippen LogP contribution in [0.25, 0.3) is 0 Å². The Hall–Kier alpha value is -0.730. The highest BCUT2D eigenvalue weighted by Gasteiger charge is 2.38. The fraction of sp³-hybridized carbons (Fsp3) is 0.917. The van der Waals surface area contributed by atoms with Crippen LogP contribution in [0.3, 0.4) is 0 Å². The van der Waals surface area contributed by atoms with Gasteiger partial charge in [0.2, 0.25) is 0 Å². The van der Waals surface area contributed by atoms with Crippen LogP contribution in [0.1, 0.15) is 41.5 Å². The molecule has 0 N–H and O–H groups in total. The fourth-order valence-corrected chi connectivity index (χ4v) is 1.96. The van der Waals surface area contributed by atoms with Gasteiger partial charge >= 0.3 is 6.09 Å². The van der Waals surface area contributed by atoms with E-state index in [4.69, 9.17) is 4.74 Å². The molecular formula is C12H23NO2. The summed E-state index contributed by atoms with van der Waals surface area (Å²) in [6.45, 7) is 13.0. The fourth-order valence-electron chi connectivity index (χ4n) is 1.96. The Morgan fingerprint density at radius 1 is 1.27 bits per heavy atom. The minimum absolute atomic E-state index is 0.175. The number of rotatable bonds is 0. The van der Waals surface area contributed by atoms with Gasteiger partial charge in [0.25, 0.3) is 0 Å². The van der Waals surface area contributed by atoms with Crippen molar-refractivity contribution in [3.63, 3.8) is 0 Å². The molecule has 0 aromatic rings. The number of carbonyl (C=O) groups is 1. The van der Waals surface area contributed by atoms with Crippen LogP contribution in [-0.4, -0.2) is 29.2 Å². The summed E-state index contributed by atoms with van der Waals surface area (Å²) in [4.78, 5) is 13.7. The average Bonchev–Trinajstić information content (AvgIpc) is 2.30. The Labute approximate surface area is 92.8 Å². The summed E-state index contributed by atoms with van der Waals surface area (Å²) in [5.41, 5.74) is -0.397. The minimum atomic E-state index is -0.397. The average molecular weight is 213 g/mol. The van der Waals surface area contributed by atoms with E-state index in [2.05, 4.69) is 20.8 Å². The molecule has 0 aromatic heterocycles. The number of carbonyl (C=O) groups excluding carboxylic acids is 1. The summed E-state index contributed by atoms with van der Waals surface area (Å²) < 4.78 is 5.38. The summed E-state index contributed by atoms with van der Waals surface area (Å²) in [5, 5.41) is 0. The molecule has 1 fully saturated rings. The van der Waals surface area contributed by atoms with Crippen LogP contribution >= 0.6 is 0 Å². The molecule has 1 amide bonds.